The van der Waals surface area contributed by atoms with Gasteiger partial charge in [0, 0.05) is 18.7 Å². The Bertz CT molecular complexity index is 809. The molecule has 1 amide bonds. The summed E-state index contributed by atoms with van der Waals surface area (Å²) < 4.78 is 9.66. The number of nitro benzene ring substituents is 1. The van der Waals surface area contributed by atoms with Crippen LogP contribution in [0.3, 0.4) is 0 Å². The largest absolute Gasteiger partial charge is 0.490 e. The zero-order valence-electron chi connectivity index (χ0n) is 14.2. The minimum atomic E-state index is -1.03. The number of amides is 1. The van der Waals surface area contributed by atoms with Gasteiger partial charge in [0.2, 0.25) is 0 Å². The summed E-state index contributed by atoms with van der Waals surface area (Å²) in [5, 5.41) is 13.7. The highest BCUT2D eigenvalue weighted by molar-refractivity contribution is 5.95. The van der Waals surface area contributed by atoms with Gasteiger partial charge in [-0.15, -0.1) is 0 Å². The quantitative estimate of drug-likeness (QED) is 0.452. The molecule has 1 heterocycles. The SMILES string of the molecule is COC(=O)[C@H](Cc1ccc(OC)c([N+](=O)[O-])c1)NC(=O)c1ccccn1. The van der Waals surface area contributed by atoms with Crippen LogP contribution in [-0.2, 0) is 16.0 Å². The highest BCUT2D eigenvalue weighted by Crippen LogP contribution is 2.28. The van der Waals surface area contributed by atoms with Gasteiger partial charge in [0.05, 0.1) is 19.1 Å². The van der Waals surface area contributed by atoms with Crippen LogP contribution in [0.1, 0.15) is 16.1 Å². The average molecular weight is 359 g/mol. The van der Waals surface area contributed by atoms with E-state index in [0.717, 1.165) is 0 Å². The van der Waals surface area contributed by atoms with Crippen LogP contribution in [0.4, 0.5) is 5.69 Å². The first kappa shape index (κ1) is 18.8. The Balaban J connectivity index is 2.23. The fourth-order valence-electron chi connectivity index (χ4n) is 2.31. The van der Waals surface area contributed by atoms with Crippen molar-refractivity contribution in [1.82, 2.24) is 10.3 Å². The summed E-state index contributed by atoms with van der Waals surface area (Å²) in [5.41, 5.74) is 0.376. The van der Waals surface area contributed by atoms with Crippen LogP contribution in [0.15, 0.2) is 42.6 Å². The minimum absolute atomic E-state index is 0.0100. The molecule has 26 heavy (non-hydrogen) atoms. The van der Waals surface area contributed by atoms with Gasteiger partial charge in [0.15, 0.2) is 5.75 Å². The standard InChI is InChI=1S/C17H17N3O6/c1-25-15-7-6-11(10-14(15)20(23)24)9-13(17(22)26-2)19-16(21)12-5-3-4-8-18-12/h3-8,10,13H,9H2,1-2H3,(H,19,21)/t13-/m0/s1. The second kappa shape index (κ2) is 8.56. The van der Waals surface area contributed by atoms with Crippen molar-refractivity contribution in [3.05, 3.63) is 64.0 Å². The molecule has 0 bridgehead atoms. The maximum atomic E-state index is 12.2. The Morgan fingerprint density at radius 2 is 2.04 bits per heavy atom. The van der Waals surface area contributed by atoms with Crippen LogP contribution < -0.4 is 10.1 Å². The molecular formula is C17H17N3O6. The molecule has 0 aliphatic heterocycles. The van der Waals surface area contributed by atoms with E-state index in [0.29, 0.717) is 5.56 Å². The molecule has 0 saturated heterocycles. The van der Waals surface area contributed by atoms with Crippen LogP contribution in [0.25, 0.3) is 0 Å². The van der Waals surface area contributed by atoms with E-state index in [1.807, 2.05) is 0 Å². The lowest BCUT2D eigenvalue weighted by Crippen LogP contribution is -2.43. The normalized spacial score (nSPS) is 11.3. The van der Waals surface area contributed by atoms with Gasteiger partial charge >= 0.3 is 11.7 Å². The monoisotopic (exact) mass is 359 g/mol. The summed E-state index contributed by atoms with van der Waals surface area (Å²) in [6, 6.07) is 8.08. The lowest BCUT2D eigenvalue weighted by Gasteiger charge is -2.16. The highest BCUT2D eigenvalue weighted by atomic mass is 16.6. The maximum Gasteiger partial charge on any atom is 0.328 e. The van der Waals surface area contributed by atoms with Gasteiger partial charge in [0.1, 0.15) is 11.7 Å². The van der Waals surface area contributed by atoms with Crippen molar-refractivity contribution >= 4 is 17.6 Å². The number of esters is 1. The van der Waals surface area contributed by atoms with Gasteiger partial charge in [-0.3, -0.25) is 19.9 Å². The number of rotatable bonds is 7. The molecule has 0 saturated carbocycles. The summed E-state index contributed by atoms with van der Waals surface area (Å²) in [6.45, 7) is 0. The summed E-state index contributed by atoms with van der Waals surface area (Å²) in [4.78, 5) is 38.7. The predicted molar refractivity (Wildman–Crippen MR) is 90.9 cm³/mol. The van der Waals surface area contributed by atoms with Gasteiger partial charge in [0.25, 0.3) is 5.91 Å². The van der Waals surface area contributed by atoms with E-state index in [9.17, 15) is 19.7 Å². The van der Waals surface area contributed by atoms with E-state index in [1.54, 1.807) is 18.2 Å². The van der Waals surface area contributed by atoms with Crippen LogP contribution in [0, 0.1) is 10.1 Å². The molecule has 9 heteroatoms. The Morgan fingerprint density at radius 3 is 2.62 bits per heavy atom. The molecule has 2 aromatic rings. The second-order valence-electron chi connectivity index (χ2n) is 5.23. The van der Waals surface area contributed by atoms with Gasteiger partial charge in [-0.1, -0.05) is 12.1 Å². The van der Waals surface area contributed by atoms with Crippen molar-refractivity contribution in [2.24, 2.45) is 0 Å². The third-order valence-electron chi connectivity index (χ3n) is 3.57. The first-order valence-electron chi connectivity index (χ1n) is 7.57. The summed E-state index contributed by atoms with van der Waals surface area (Å²) in [5.74, 6) is -1.12. The number of pyridine rings is 1. The first-order chi connectivity index (χ1) is 12.5. The second-order valence-corrected chi connectivity index (χ2v) is 5.23. The van der Waals surface area contributed by atoms with Crippen LogP contribution >= 0.6 is 0 Å². The molecule has 0 aliphatic carbocycles. The Morgan fingerprint density at radius 1 is 1.27 bits per heavy atom. The molecular weight excluding hydrogens is 342 g/mol. The number of nitro groups is 1. The van der Waals surface area contributed by atoms with E-state index in [4.69, 9.17) is 9.47 Å². The molecule has 1 aromatic carbocycles. The molecule has 0 radical (unpaired) electrons. The number of methoxy groups -OCH3 is 2. The number of hydrogen-bond donors (Lipinski definition) is 1. The lowest BCUT2D eigenvalue weighted by molar-refractivity contribution is -0.385. The third kappa shape index (κ3) is 4.53. The average Bonchev–Trinajstić information content (AvgIpc) is 2.67. The van der Waals surface area contributed by atoms with Crippen molar-refractivity contribution < 1.29 is 24.0 Å². The zero-order valence-corrected chi connectivity index (χ0v) is 14.2. The zero-order chi connectivity index (χ0) is 19.1. The smallest absolute Gasteiger partial charge is 0.328 e. The van der Waals surface area contributed by atoms with Crippen molar-refractivity contribution in [3.8, 4) is 5.75 Å². The molecule has 0 unspecified atom stereocenters. The molecule has 2 rings (SSSR count). The van der Waals surface area contributed by atoms with E-state index < -0.39 is 22.8 Å². The van der Waals surface area contributed by atoms with Crippen molar-refractivity contribution in [2.75, 3.05) is 14.2 Å². The fourth-order valence-corrected chi connectivity index (χ4v) is 2.31. The van der Waals surface area contributed by atoms with Crippen molar-refractivity contribution in [2.45, 2.75) is 12.5 Å². The Labute approximate surface area is 149 Å². The maximum absolute atomic E-state index is 12.2. The van der Waals surface area contributed by atoms with Crippen molar-refractivity contribution in [1.29, 1.82) is 0 Å². The van der Waals surface area contributed by atoms with Crippen LogP contribution in [0.5, 0.6) is 5.75 Å². The molecule has 1 N–H and O–H groups in total. The Hall–Kier alpha value is -3.49. The number of benzene rings is 1. The number of hydrogen-bond acceptors (Lipinski definition) is 7. The van der Waals surface area contributed by atoms with E-state index in [-0.39, 0.29) is 23.6 Å². The Kier molecular flexibility index (Phi) is 6.20. The van der Waals surface area contributed by atoms with Crippen LogP contribution in [-0.4, -0.2) is 42.0 Å². The molecule has 1 aromatic heterocycles. The number of aromatic nitrogens is 1. The van der Waals surface area contributed by atoms with Gasteiger partial charge in [-0.2, -0.15) is 0 Å². The fraction of sp³-hybridized carbons (Fsp3) is 0.235. The number of nitrogens with one attached hydrogen (secondary N) is 1. The summed E-state index contributed by atoms with van der Waals surface area (Å²) in [6.07, 6.45) is 1.46. The minimum Gasteiger partial charge on any atom is -0.490 e. The lowest BCUT2D eigenvalue weighted by atomic mass is 10.0. The van der Waals surface area contributed by atoms with Crippen molar-refractivity contribution in [3.63, 3.8) is 0 Å². The number of carbonyl (C=O) groups excluding carboxylic acids is 2. The molecule has 0 aliphatic rings. The molecule has 0 fully saturated rings. The van der Waals surface area contributed by atoms with Gasteiger partial charge < -0.3 is 14.8 Å². The highest BCUT2D eigenvalue weighted by Gasteiger charge is 2.25. The summed E-state index contributed by atoms with van der Waals surface area (Å²) >= 11 is 0. The summed E-state index contributed by atoms with van der Waals surface area (Å²) in [7, 11) is 2.52. The van der Waals surface area contributed by atoms with Gasteiger partial charge in [-0.05, 0) is 23.8 Å². The number of carbonyl (C=O) groups is 2. The number of nitrogens with zero attached hydrogens (tertiary/aromatic N) is 2. The van der Waals surface area contributed by atoms with Gasteiger partial charge in [-0.25, -0.2) is 4.79 Å². The predicted octanol–water partition coefficient (Wildman–Crippen LogP) is 1.51. The first-order valence-corrected chi connectivity index (χ1v) is 7.57. The number of ether oxygens (including phenoxy) is 2. The molecule has 9 nitrogen and oxygen atoms in total. The third-order valence-corrected chi connectivity index (χ3v) is 3.57. The molecule has 1 atom stereocenters. The topological polar surface area (TPSA) is 121 Å². The van der Waals surface area contributed by atoms with E-state index in [2.05, 4.69) is 10.3 Å². The molecule has 136 valence electrons. The van der Waals surface area contributed by atoms with Crippen LogP contribution in [0.2, 0.25) is 0 Å². The van der Waals surface area contributed by atoms with E-state index >= 15 is 0 Å². The molecule has 0 spiro atoms. The van der Waals surface area contributed by atoms with E-state index in [1.165, 1.54) is 38.6 Å².